The van der Waals surface area contributed by atoms with Crippen molar-refractivity contribution in [2.45, 2.75) is 20.8 Å². The summed E-state index contributed by atoms with van der Waals surface area (Å²) in [4.78, 5) is 21.7. The lowest BCUT2D eigenvalue weighted by molar-refractivity contribution is -0.383. The van der Waals surface area contributed by atoms with E-state index in [4.69, 9.17) is 4.74 Å². The molecule has 6 heteroatoms. The number of anilines is 1. The topological polar surface area (TPSA) is 81.5 Å². The maximum atomic E-state index is 11.5. The molecule has 0 aliphatic rings. The summed E-state index contributed by atoms with van der Waals surface area (Å²) in [6.45, 7) is 6.00. The van der Waals surface area contributed by atoms with E-state index < -0.39 is 11.0 Å². The van der Waals surface area contributed by atoms with Crippen molar-refractivity contribution < 1.29 is 14.5 Å². The third-order valence-corrected chi connectivity index (χ3v) is 1.97. The molecule has 6 nitrogen and oxygen atoms in total. The second-order valence-electron chi connectivity index (χ2n) is 5.04. The van der Waals surface area contributed by atoms with Crippen molar-refractivity contribution in [1.29, 1.82) is 0 Å². The summed E-state index contributed by atoms with van der Waals surface area (Å²) in [7, 11) is 0. The van der Waals surface area contributed by atoms with Crippen LogP contribution in [0.25, 0.3) is 0 Å². The minimum atomic E-state index is -0.695. The Kier molecular flexibility index (Phi) is 4.25. The molecule has 98 valence electrons. The average molecular weight is 252 g/mol. The largest absolute Gasteiger partial charge is 0.449 e. The normalized spacial score (nSPS) is 10.8. The predicted molar refractivity (Wildman–Crippen MR) is 67.5 cm³/mol. The number of nitro groups is 1. The van der Waals surface area contributed by atoms with Crippen LogP contribution in [-0.4, -0.2) is 17.6 Å². The Morgan fingerprint density at radius 2 is 2.00 bits per heavy atom. The van der Waals surface area contributed by atoms with Crippen LogP contribution in [0.3, 0.4) is 0 Å². The monoisotopic (exact) mass is 252 g/mol. The Labute approximate surface area is 105 Å². The highest BCUT2D eigenvalue weighted by molar-refractivity contribution is 5.87. The van der Waals surface area contributed by atoms with Gasteiger partial charge in [0.15, 0.2) is 0 Å². The Bertz CT molecular complexity index is 452. The van der Waals surface area contributed by atoms with Gasteiger partial charge in [0.05, 0.1) is 11.5 Å². The summed E-state index contributed by atoms with van der Waals surface area (Å²) in [5.41, 5.74) is -0.188. The number of hydrogen-bond acceptors (Lipinski definition) is 4. The maximum absolute atomic E-state index is 11.5. The highest BCUT2D eigenvalue weighted by atomic mass is 16.6. The zero-order chi connectivity index (χ0) is 13.8. The smallest absolute Gasteiger partial charge is 0.411 e. The van der Waals surface area contributed by atoms with Crippen molar-refractivity contribution in [3.05, 3.63) is 34.4 Å². The quantitative estimate of drug-likeness (QED) is 0.661. The SMILES string of the molecule is CC(C)(C)COC(=O)Nc1ccccc1[N+](=O)[O-]. The van der Waals surface area contributed by atoms with Crippen LogP contribution >= 0.6 is 0 Å². The van der Waals surface area contributed by atoms with Crippen molar-refractivity contribution in [2.24, 2.45) is 5.41 Å². The standard InChI is InChI=1S/C12H16N2O4/c1-12(2,3)8-18-11(15)13-9-6-4-5-7-10(9)14(16)17/h4-7H,8H2,1-3H3,(H,13,15). The number of carbonyl (C=O) groups is 1. The zero-order valence-corrected chi connectivity index (χ0v) is 10.6. The third kappa shape index (κ3) is 4.40. The molecular formula is C12H16N2O4. The molecule has 0 aliphatic carbocycles. The minimum Gasteiger partial charge on any atom is -0.449 e. The third-order valence-electron chi connectivity index (χ3n) is 1.97. The minimum absolute atomic E-state index is 0.126. The van der Waals surface area contributed by atoms with Crippen molar-refractivity contribution in [2.75, 3.05) is 11.9 Å². The van der Waals surface area contributed by atoms with Gasteiger partial charge in [-0.15, -0.1) is 0 Å². The van der Waals surface area contributed by atoms with E-state index in [2.05, 4.69) is 5.32 Å². The molecule has 0 spiro atoms. The lowest BCUT2D eigenvalue weighted by Crippen LogP contribution is -2.22. The Morgan fingerprint density at radius 1 is 1.39 bits per heavy atom. The number of nitrogens with zero attached hydrogens (tertiary/aromatic N) is 1. The summed E-state index contributed by atoms with van der Waals surface area (Å²) in [6, 6.07) is 5.91. The first-order valence-corrected chi connectivity index (χ1v) is 5.47. The van der Waals surface area contributed by atoms with Crippen molar-refractivity contribution in [3.8, 4) is 0 Å². The Morgan fingerprint density at radius 3 is 2.56 bits per heavy atom. The molecule has 1 rings (SSSR count). The highest BCUT2D eigenvalue weighted by Crippen LogP contribution is 2.23. The van der Waals surface area contributed by atoms with Gasteiger partial charge in [0.1, 0.15) is 5.69 Å². The van der Waals surface area contributed by atoms with Crippen LogP contribution in [0, 0.1) is 15.5 Å². The van der Waals surface area contributed by atoms with E-state index in [1.54, 1.807) is 6.07 Å². The van der Waals surface area contributed by atoms with Gasteiger partial charge in [0.2, 0.25) is 0 Å². The Hall–Kier alpha value is -2.11. The molecule has 18 heavy (non-hydrogen) atoms. The van der Waals surface area contributed by atoms with Crippen LogP contribution in [0.1, 0.15) is 20.8 Å². The fraction of sp³-hybridized carbons (Fsp3) is 0.417. The van der Waals surface area contributed by atoms with E-state index in [-0.39, 0.29) is 23.4 Å². The molecule has 0 aliphatic heterocycles. The van der Waals surface area contributed by atoms with Gasteiger partial charge in [0, 0.05) is 6.07 Å². The zero-order valence-electron chi connectivity index (χ0n) is 10.6. The molecule has 0 radical (unpaired) electrons. The molecule has 0 saturated carbocycles. The molecule has 0 fully saturated rings. The molecule has 0 aromatic heterocycles. The van der Waals surface area contributed by atoms with E-state index in [0.717, 1.165) is 0 Å². The van der Waals surface area contributed by atoms with E-state index in [9.17, 15) is 14.9 Å². The number of benzene rings is 1. The number of rotatable bonds is 3. The highest BCUT2D eigenvalue weighted by Gasteiger charge is 2.17. The first kappa shape index (κ1) is 14.0. The summed E-state index contributed by atoms with van der Waals surface area (Å²) in [5.74, 6) is 0. The molecule has 0 heterocycles. The molecule has 1 N–H and O–H groups in total. The summed E-state index contributed by atoms with van der Waals surface area (Å²) in [5, 5.41) is 13.1. The van der Waals surface area contributed by atoms with Gasteiger partial charge in [-0.3, -0.25) is 15.4 Å². The van der Waals surface area contributed by atoms with Crippen LogP contribution in [-0.2, 0) is 4.74 Å². The fourth-order valence-electron chi connectivity index (χ4n) is 1.17. The van der Waals surface area contributed by atoms with Gasteiger partial charge in [-0.25, -0.2) is 4.79 Å². The second-order valence-corrected chi connectivity index (χ2v) is 5.04. The predicted octanol–water partition coefficient (Wildman–Crippen LogP) is 3.19. The lowest BCUT2D eigenvalue weighted by Gasteiger charge is -2.17. The average Bonchev–Trinajstić information content (AvgIpc) is 2.26. The van der Waals surface area contributed by atoms with Gasteiger partial charge >= 0.3 is 6.09 Å². The molecule has 0 unspecified atom stereocenters. The maximum Gasteiger partial charge on any atom is 0.411 e. The number of nitrogens with one attached hydrogen (secondary N) is 1. The Balaban J connectivity index is 2.68. The van der Waals surface area contributed by atoms with Crippen LogP contribution in [0.2, 0.25) is 0 Å². The molecule has 0 saturated heterocycles. The van der Waals surface area contributed by atoms with Gasteiger partial charge in [-0.2, -0.15) is 0 Å². The van der Waals surface area contributed by atoms with Crippen LogP contribution < -0.4 is 5.32 Å². The van der Waals surface area contributed by atoms with E-state index in [0.29, 0.717) is 0 Å². The number of para-hydroxylation sites is 2. The molecule has 1 aromatic carbocycles. The van der Waals surface area contributed by atoms with E-state index in [1.165, 1.54) is 18.2 Å². The molecular weight excluding hydrogens is 236 g/mol. The van der Waals surface area contributed by atoms with Gasteiger partial charge < -0.3 is 4.74 Å². The van der Waals surface area contributed by atoms with Crippen LogP contribution in [0.15, 0.2) is 24.3 Å². The molecule has 1 aromatic rings. The number of amides is 1. The van der Waals surface area contributed by atoms with Gasteiger partial charge in [0.25, 0.3) is 5.69 Å². The summed E-state index contributed by atoms with van der Waals surface area (Å²) < 4.78 is 4.97. The molecule has 0 bridgehead atoms. The van der Waals surface area contributed by atoms with Crippen LogP contribution in [0.4, 0.5) is 16.2 Å². The summed E-state index contributed by atoms with van der Waals surface area (Å²) in [6.07, 6.45) is -0.695. The summed E-state index contributed by atoms with van der Waals surface area (Å²) >= 11 is 0. The van der Waals surface area contributed by atoms with Gasteiger partial charge in [-0.05, 0) is 11.5 Å². The number of ether oxygens (including phenoxy) is 1. The first-order chi connectivity index (χ1) is 8.29. The second kappa shape index (κ2) is 5.48. The van der Waals surface area contributed by atoms with Crippen molar-refractivity contribution >= 4 is 17.5 Å². The number of hydrogen-bond donors (Lipinski definition) is 1. The van der Waals surface area contributed by atoms with Crippen LogP contribution in [0.5, 0.6) is 0 Å². The fourth-order valence-corrected chi connectivity index (χ4v) is 1.17. The van der Waals surface area contributed by atoms with E-state index in [1.807, 2.05) is 20.8 Å². The molecule has 1 amide bonds. The van der Waals surface area contributed by atoms with Crippen molar-refractivity contribution in [1.82, 2.24) is 0 Å². The van der Waals surface area contributed by atoms with Gasteiger partial charge in [-0.1, -0.05) is 32.9 Å². The number of nitro benzene ring substituents is 1. The first-order valence-electron chi connectivity index (χ1n) is 5.47. The number of carbonyl (C=O) groups excluding carboxylic acids is 1. The molecule has 0 atom stereocenters. The van der Waals surface area contributed by atoms with Crippen molar-refractivity contribution in [3.63, 3.8) is 0 Å². The lowest BCUT2D eigenvalue weighted by atomic mass is 9.99. The van der Waals surface area contributed by atoms with E-state index >= 15 is 0 Å².